The smallest absolute Gasteiger partial charge is 0.411 e. The minimum Gasteiger partial charge on any atom is -0.432 e. The molecule has 0 atom stereocenters. The lowest BCUT2D eigenvalue weighted by molar-refractivity contribution is -0.223. The molecular weight excluding hydrogens is 374 g/mol. The summed E-state index contributed by atoms with van der Waals surface area (Å²) in [6.07, 6.45) is -3.73. The first-order valence-electron chi connectivity index (χ1n) is 9.10. The summed E-state index contributed by atoms with van der Waals surface area (Å²) in [5.41, 5.74) is -0.157. The van der Waals surface area contributed by atoms with Gasteiger partial charge in [-0.1, -0.05) is 25.8 Å². The average Bonchev–Trinajstić information content (AvgIpc) is 2.56. The highest BCUT2D eigenvalue weighted by molar-refractivity contribution is 5.29. The third-order valence-corrected chi connectivity index (χ3v) is 4.82. The molecule has 154 valence electrons. The van der Waals surface area contributed by atoms with Crippen LogP contribution in [-0.4, -0.2) is 18.9 Å². The van der Waals surface area contributed by atoms with Crippen LogP contribution in [0.25, 0.3) is 0 Å². The first kappa shape index (κ1) is 21.9. The molecule has 0 bridgehead atoms. The summed E-state index contributed by atoms with van der Waals surface area (Å²) in [5.74, 6) is -1.76. The largest absolute Gasteiger partial charge is 0.432 e. The Labute approximate surface area is 154 Å². The summed E-state index contributed by atoms with van der Waals surface area (Å²) < 4.78 is 87.9. The summed E-state index contributed by atoms with van der Waals surface area (Å²) in [6, 6.07) is 2.96. The van der Waals surface area contributed by atoms with Crippen LogP contribution in [0.5, 0.6) is 5.75 Å². The highest BCUT2D eigenvalue weighted by Crippen LogP contribution is 2.41. The van der Waals surface area contributed by atoms with Crippen molar-refractivity contribution in [1.29, 1.82) is 0 Å². The Morgan fingerprint density at radius 1 is 1.04 bits per heavy atom. The lowest BCUT2D eigenvalue weighted by atomic mass is 9.79. The van der Waals surface area contributed by atoms with E-state index in [9.17, 15) is 26.3 Å². The van der Waals surface area contributed by atoms with Crippen molar-refractivity contribution in [3.8, 4) is 5.75 Å². The Morgan fingerprint density at radius 3 is 2.26 bits per heavy atom. The highest BCUT2D eigenvalue weighted by atomic mass is 19.4. The van der Waals surface area contributed by atoms with Gasteiger partial charge in [0, 0.05) is 11.6 Å². The van der Waals surface area contributed by atoms with Gasteiger partial charge in [0.2, 0.25) is 0 Å². The molecule has 8 heteroatoms. The molecule has 2 nitrogen and oxygen atoms in total. The van der Waals surface area contributed by atoms with Gasteiger partial charge < -0.3 is 9.47 Å². The van der Waals surface area contributed by atoms with Crippen LogP contribution in [0.15, 0.2) is 18.2 Å². The minimum absolute atomic E-state index is 0.157. The van der Waals surface area contributed by atoms with Gasteiger partial charge in [0.25, 0.3) is 0 Å². The van der Waals surface area contributed by atoms with Gasteiger partial charge in [-0.05, 0) is 37.7 Å². The topological polar surface area (TPSA) is 18.5 Å². The molecule has 0 spiro atoms. The number of benzene rings is 1. The second kappa shape index (κ2) is 9.17. The summed E-state index contributed by atoms with van der Waals surface area (Å²) >= 11 is 0. The van der Waals surface area contributed by atoms with Crippen molar-refractivity contribution in [3.05, 3.63) is 29.6 Å². The lowest BCUT2D eigenvalue weighted by Crippen LogP contribution is -2.37. The summed E-state index contributed by atoms with van der Waals surface area (Å²) in [5, 5.41) is 0. The monoisotopic (exact) mass is 398 g/mol. The third kappa shape index (κ3) is 6.90. The molecular formula is C19H24F6O2. The fourth-order valence-corrected chi connectivity index (χ4v) is 3.42. The minimum atomic E-state index is -4.52. The highest BCUT2D eigenvalue weighted by Gasteiger charge is 2.43. The molecule has 0 heterocycles. The lowest BCUT2D eigenvalue weighted by Gasteiger charge is -2.33. The second-order valence-electron chi connectivity index (χ2n) is 7.03. The van der Waals surface area contributed by atoms with Crippen LogP contribution in [0, 0.1) is 17.7 Å². The molecule has 0 amide bonds. The predicted molar refractivity (Wildman–Crippen MR) is 88.0 cm³/mol. The summed E-state index contributed by atoms with van der Waals surface area (Å²) in [7, 11) is 0. The Kier molecular flexibility index (Phi) is 7.42. The number of halogens is 6. The van der Waals surface area contributed by atoms with Gasteiger partial charge in [0.05, 0.1) is 12.5 Å². The molecule has 0 aliphatic heterocycles. The molecule has 1 aromatic carbocycles. The maximum Gasteiger partial charge on any atom is 0.411 e. The van der Waals surface area contributed by atoms with Crippen molar-refractivity contribution >= 4 is 0 Å². The van der Waals surface area contributed by atoms with E-state index in [1.165, 1.54) is 0 Å². The number of hydrogen-bond acceptors (Lipinski definition) is 2. The SMILES string of the molecule is CCCC1CCC(C(F)(F)Oc2ccc(COCC(F)(F)F)c(F)c2)CC1. The van der Waals surface area contributed by atoms with E-state index in [-0.39, 0.29) is 11.3 Å². The first-order chi connectivity index (χ1) is 12.6. The van der Waals surface area contributed by atoms with Gasteiger partial charge in [0.15, 0.2) is 0 Å². The zero-order chi connectivity index (χ0) is 20.1. The molecule has 0 N–H and O–H groups in total. The molecule has 1 aliphatic carbocycles. The van der Waals surface area contributed by atoms with Crippen molar-refractivity contribution in [2.75, 3.05) is 6.61 Å². The van der Waals surface area contributed by atoms with Crippen LogP contribution < -0.4 is 4.74 Å². The summed E-state index contributed by atoms with van der Waals surface area (Å²) in [4.78, 5) is 0. The molecule has 0 radical (unpaired) electrons. The van der Waals surface area contributed by atoms with Crippen LogP contribution in [-0.2, 0) is 11.3 Å². The number of alkyl halides is 5. The van der Waals surface area contributed by atoms with Crippen LogP contribution in [0.3, 0.4) is 0 Å². The Bertz CT molecular complexity index is 594. The first-order valence-corrected chi connectivity index (χ1v) is 9.10. The van der Waals surface area contributed by atoms with Crippen LogP contribution in [0.4, 0.5) is 26.3 Å². The zero-order valence-electron chi connectivity index (χ0n) is 15.1. The average molecular weight is 398 g/mol. The van der Waals surface area contributed by atoms with Gasteiger partial charge in [-0.3, -0.25) is 0 Å². The summed E-state index contributed by atoms with van der Waals surface area (Å²) in [6.45, 7) is -0.0525. The van der Waals surface area contributed by atoms with E-state index in [2.05, 4.69) is 11.7 Å². The van der Waals surface area contributed by atoms with E-state index in [1.807, 2.05) is 0 Å². The molecule has 1 saturated carbocycles. The van der Waals surface area contributed by atoms with E-state index < -0.39 is 37.2 Å². The molecule has 1 aromatic rings. The maximum atomic E-state index is 14.4. The predicted octanol–water partition coefficient (Wildman–Crippen LogP) is 6.48. The van der Waals surface area contributed by atoms with Crippen LogP contribution in [0.2, 0.25) is 0 Å². The van der Waals surface area contributed by atoms with Crippen molar-refractivity contribution in [2.24, 2.45) is 11.8 Å². The van der Waals surface area contributed by atoms with E-state index in [0.29, 0.717) is 18.8 Å². The zero-order valence-corrected chi connectivity index (χ0v) is 15.1. The van der Waals surface area contributed by atoms with Crippen LogP contribution in [0.1, 0.15) is 51.0 Å². The molecule has 27 heavy (non-hydrogen) atoms. The van der Waals surface area contributed by atoms with Crippen LogP contribution >= 0.6 is 0 Å². The van der Waals surface area contributed by atoms with Crippen molar-refractivity contribution in [3.63, 3.8) is 0 Å². The quantitative estimate of drug-likeness (QED) is 0.467. The second-order valence-corrected chi connectivity index (χ2v) is 7.03. The standard InChI is InChI=1S/C19H24F6O2/c1-2-3-13-4-7-15(8-5-13)19(24,25)27-16-9-6-14(17(20)10-16)11-26-12-18(21,22)23/h6,9-10,13,15H,2-5,7-8,11-12H2,1H3. The third-order valence-electron chi connectivity index (χ3n) is 4.82. The Morgan fingerprint density at radius 2 is 1.70 bits per heavy atom. The van der Waals surface area contributed by atoms with E-state index in [0.717, 1.165) is 43.9 Å². The molecule has 2 rings (SSSR count). The van der Waals surface area contributed by atoms with E-state index >= 15 is 0 Å². The van der Waals surface area contributed by atoms with Crippen molar-refractivity contribution in [2.45, 2.75) is 64.3 Å². The number of rotatable bonds is 8. The molecule has 1 fully saturated rings. The van der Waals surface area contributed by atoms with Crippen molar-refractivity contribution < 1.29 is 35.8 Å². The van der Waals surface area contributed by atoms with Gasteiger partial charge >= 0.3 is 12.3 Å². The Balaban J connectivity index is 1.91. The van der Waals surface area contributed by atoms with E-state index in [4.69, 9.17) is 4.74 Å². The van der Waals surface area contributed by atoms with Crippen molar-refractivity contribution in [1.82, 2.24) is 0 Å². The maximum absolute atomic E-state index is 14.4. The normalized spacial score (nSPS) is 21.3. The molecule has 0 aromatic heterocycles. The fourth-order valence-electron chi connectivity index (χ4n) is 3.42. The van der Waals surface area contributed by atoms with E-state index in [1.54, 1.807) is 0 Å². The number of ether oxygens (including phenoxy) is 2. The van der Waals surface area contributed by atoms with Gasteiger partial charge in [-0.15, -0.1) is 0 Å². The van der Waals surface area contributed by atoms with Gasteiger partial charge in [0.1, 0.15) is 18.2 Å². The molecule has 0 saturated heterocycles. The van der Waals surface area contributed by atoms with Gasteiger partial charge in [-0.2, -0.15) is 22.0 Å². The number of hydrogen-bond donors (Lipinski definition) is 0. The molecule has 0 unspecified atom stereocenters. The molecule has 1 aliphatic rings. The Hall–Kier alpha value is -1.44. The fraction of sp³-hybridized carbons (Fsp3) is 0.684. The van der Waals surface area contributed by atoms with Gasteiger partial charge in [-0.25, -0.2) is 4.39 Å².